The second-order valence-corrected chi connectivity index (χ2v) is 2.62. The summed E-state index contributed by atoms with van der Waals surface area (Å²) in [5, 5.41) is 2.61. The standard InChI is InChI=1S/C5H11NOS/c1-5(2,3-8)6-4-7/h4,8H,3H2,1-2H3,(H,6,7). The summed E-state index contributed by atoms with van der Waals surface area (Å²) in [5.41, 5.74) is -0.162. The second kappa shape index (κ2) is 2.97. The van der Waals surface area contributed by atoms with Gasteiger partial charge in [0.25, 0.3) is 0 Å². The van der Waals surface area contributed by atoms with E-state index in [0.29, 0.717) is 12.2 Å². The fraction of sp³-hybridized carbons (Fsp3) is 0.800. The molecule has 8 heavy (non-hydrogen) atoms. The molecule has 0 radical (unpaired) electrons. The zero-order valence-electron chi connectivity index (χ0n) is 5.14. The first-order valence-electron chi connectivity index (χ1n) is 2.44. The second-order valence-electron chi connectivity index (χ2n) is 2.30. The Balaban J connectivity index is 3.53. The third-order valence-corrected chi connectivity index (χ3v) is 1.64. The van der Waals surface area contributed by atoms with Crippen molar-refractivity contribution in [2.45, 2.75) is 19.4 Å². The summed E-state index contributed by atoms with van der Waals surface area (Å²) in [4.78, 5) is 9.83. The first-order valence-corrected chi connectivity index (χ1v) is 3.08. The lowest BCUT2D eigenvalue weighted by Crippen LogP contribution is -2.39. The Bertz CT molecular complexity index is 82.5. The topological polar surface area (TPSA) is 29.1 Å². The molecule has 0 aromatic rings. The normalized spacial score (nSPS) is 10.9. The molecule has 0 fully saturated rings. The van der Waals surface area contributed by atoms with Crippen LogP contribution >= 0.6 is 12.6 Å². The van der Waals surface area contributed by atoms with Crippen molar-refractivity contribution in [2.75, 3.05) is 5.75 Å². The summed E-state index contributed by atoms with van der Waals surface area (Å²) >= 11 is 4.01. The molecule has 0 atom stereocenters. The molecule has 0 spiro atoms. The molecule has 1 amide bonds. The van der Waals surface area contributed by atoms with Gasteiger partial charge in [-0.25, -0.2) is 0 Å². The maximum absolute atomic E-state index is 9.83. The van der Waals surface area contributed by atoms with Gasteiger partial charge in [0, 0.05) is 11.3 Å². The predicted octanol–water partition coefficient (Wildman–Crippen LogP) is 0.441. The Morgan fingerprint density at radius 2 is 2.25 bits per heavy atom. The number of nitrogens with one attached hydrogen (secondary N) is 1. The van der Waals surface area contributed by atoms with Crippen LogP contribution in [-0.2, 0) is 4.79 Å². The highest BCUT2D eigenvalue weighted by atomic mass is 32.1. The van der Waals surface area contributed by atoms with Crippen molar-refractivity contribution in [3.63, 3.8) is 0 Å². The van der Waals surface area contributed by atoms with Crippen molar-refractivity contribution in [3.05, 3.63) is 0 Å². The fourth-order valence-corrected chi connectivity index (χ4v) is 0.296. The molecule has 48 valence electrons. The maximum atomic E-state index is 9.83. The highest BCUT2D eigenvalue weighted by molar-refractivity contribution is 7.80. The third kappa shape index (κ3) is 2.91. The van der Waals surface area contributed by atoms with E-state index in [-0.39, 0.29) is 5.54 Å². The van der Waals surface area contributed by atoms with E-state index in [0.717, 1.165) is 0 Å². The molecule has 0 rings (SSSR count). The molecule has 0 saturated carbocycles. The number of amides is 1. The van der Waals surface area contributed by atoms with Crippen LogP contribution in [0.4, 0.5) is 0 Å². The molecule has 0 aliphatic carbocycles. The van der Waals surface area contributed by atoms with E-state index < -0.39 is 0 Å². The van der Waals surface area contributed by atoms with Crippen LogP contribution in [0.2, 0.25) is 0 Å². The monoisotopic (exact) mass is 133 g/mol. The Morgan fingerprint density at radius 3 is 2.38 bits per heavy atom. The number of hydrogen-bond donors (Lipinski definition) is 2. The SMILES string of the molecule is CC(C)(CS)NC=O. The maximum Gasteiger partial charge on any atom is 0.207 e. The van der Waals surface area contributed by atoms with Crippen molar-refractivity contribution in [1.29, 1.82) is 0 Å². The molecule has 2 nitrogen and oxygen atoms in total. The lowest BCUT2D eigenvalue weighted by atomic mass is 10.1. The lowest BCUT2D eigenvalue weighted by Gasteiger charge is -2.19. The van der Waals surface area contributed by atoms with Gasteiger partial charge in [-0.1, -0.05) is 0 Å². The van der Waals surface area contributed by atoms with E-state index in [1.165, 1.54) is 0 Å². The largest absolute Gasteiger partial charge is 0.353 e. The van der Waals surface area contributed by atoms with E-state index in [1.807, 2.05) is 13.8 Å². The van der Waals surface area contributed by atoms with E-state index in [9.17, 15) is 4.79 Å². The van der Waals surface area contributed by atoms with Crippen molar-refractivity contribution >= 4 is 19.0 Å². The molecule has 0 saturated heterocycles. The molecular formula is C5H11NOS. The first-order chi connectivity index (χ1) is 3.62. The van der Waals surface area contributed by atoms with Gasteiger partial charge in [-0.15, -0.1) is 0 Å². The summed E-state index contributed by atoms with van der Waals surface area (Å²) in [6.07, 6.45) is 0.691. The average molecular weight is 133 g/mol. The van der Waals surface area contributed by atoms with Crippen LogP contribution < -0.4 is 5.32 Å². The van der Waals surface area contributed by atoms with Gasteiger partial charge in [0.1, 0.15) is 0 Å². The van der Waals surface area contributed by atoms with Crippen LogP contribution in [0.25, 0.3) is 0 Å². The van der Waals surface area contributed by atoms with Crippen molar-refractivity contribution < 1.29 is 4.79 Å². The zero-order valence-corrected chi connectivity index (χ0v) is 6.03. The summed E-state index contributed by atoms with van der Waals surface area (Å²) < 4.78 is 0. The number of carbonyl (C=O) groups excluding carboxylic acids is 1. The van der Waals surface area contributed by atoms with Crippen LogP contribution in [-0.4, -0.2) is 17.7 Å². The van der Waals surface area contributed by atoms with Gasteiger partial charge in [0.15, 0.2) is 0 Å². The van der Waals surface area contributed by atoms with Crippen LogP contribution in [0.15, 0.2) is 0 Å². The van der Waals surface area contributed by atoms with E-state index in [4.69, 9.17) is 0 Å². The highest BCUT2D eigenvalue weighted by Gasteiger charge is 2.11. The van der Waals surface area contributed by atoms with Crippen LogP contribution in [0.3, 0.4) is 0 Å². The minimum absolute atomic E-state index is 0.162. The molecule has 1 N–H and O–H groups in total. The minimum Gasteiger partial charge on any atom is -0.353 e. The summed E-state index contributed by atoms with van der Waals surface area (Å²) in [7, 11) is 0. The van der Waals surface area contributed by atoms with Crippen molar-refractivity contribution in [1.82, 2.24) is 5.32 Å². The number of rotatable bonds is 3. The molecule has 0 aromatic heterocycles. The van der Waals surface area contributed by atoms with Crippen LogP contribution in [0, 0.1) is 0 Å². The van der Waals surface area contributed by atoms with E-state index in [1.54, 1.807) is 0 Å². The molecular weight excluding hydrogens is 122 g/mol. The van der Waals surface area contributed by atoms with Gasteiger partial charge in [-0.2, -0.15) is 12.6 Å². The molecule has 0 unspecified atom stereocenters. The number of thiol groups is 1. The summed E-state index contributed by atoms with van der Waals surface area (Å²) in [6.45, 7) is 3.82. The smallest absolute Gasteiger partial charge is 0.207 e. The van der Waals surface area contributed by atoms with Crippen LogP contribution in [0.5, 0.6) is 0 Å². The summed E-state index contributed by atoms with van der Waals surface area (Å²) in [6, 6.07) is 0. The minimum atomic E-state index is -0.162. The Morgan fingerprint density at radius 1 is 1.75 bits per heavy atom. The quantitative estimate of drug-likeness (QED) is 0.424. The Kier molecular flexibility index (Phi) is 2.90. The zero-order chi connectivity index (χ0) is 6.62. The molecule has 0 aromatic carbocycles. The van der Waals surface area contributed by atoms with Gasteiger partial charge in [0.05, 0.1) is 0 Å². The lowest BCUT2D eigenvalue weighted by molar-refractivity contribution is -0.110. The molecule has 0 bridgehead atoms. The molecule has 0 heterocycles. The van der Waals surface area contributed by atoms with Gasteiger partial charge < -0.3 is 5.32 Å². The Hall–Kier alpha value is -0.180. The Labute approximate surface area is 55.1 Å². The fourth-order valence-electron chi connectivity index (χ4n) is 0.205. The summed E-state index contributed by atoms with van der Waals surface area (Å²) in [5.74, 6) is 0.658. The molecule has 0 aliphatic rings. The highest BCUT2D eigenvalue weighted by Crippen LogP contribution is 2.01. The van der Waals surface area contributed by atoms with Crippen molar-refractivity contribution in [2.24, 2.45) is 0 Å². The van der Waals surface area contributed by atoms with Gasteiger partial charge in [0.2, 0.25) is 6.41 Å². The van der Waals surface area contributed by atoms with Gasteiger partial charge in [-0.05, 0) is 13.8 Å². The van der Waals surface area contributed by atoms with Gasteiger partial charge >= 0.3 is 0 Å². The molecule has 3 heteroatoms. The molecule has 0 aliphatic heterocycles. The number of carbonyl (C=O) groups is 1. The third-order valence-electron chi connectivity index (χ3n) is 0.845. The van der Waals surface area contributed by atoms with Crippen LogP contribution in [0.1, 0.15) is 13.8 Å². The average Bonchev–Trinajstić information content (AvgIpc) is 1.67. The van der Waals surface area contributed by atoms with E-state index in [2.05, 4.69) is 17.9 Å². The van der Waals surface area contributed by atoms with E-state index >= 15 is 0 Å². The van der Waals surface area contributed by atoms with Crippen molar-refractivity contribution in [3.8, 4) is 0 Å². The first kappa shape index (κ1) is 7.82. The predicted molar refractivity (Wildman–Crippen MR) is 37.1 cm³/mol. The number of hydrogen-bond acceptors (Lipinski definition) is 2. The van der Waals surface area contributed by atoms with Gasteiger partial charge in [-0.3, -0.25) is 4.79 Å².